The van der Waals surface area contributed by atoms with Gasteiger partial charge in [0.2, 0.25) is 0 Å². The number of pyridine rings is 1. The first-order valence-electron chi connectivity index (χ1n) is 9.91. The molecule has 1 fully saturated rings. The van der Waals surface area contributed by atoms with Crippen molar-refractivity contribution >= 4 is 56.0 Å². The van der Waals surface area contributed by atoms with E-state index in [-0.39, 0.29) is 22.8 Å². The largest absolute Gasteiger partial charge is 0.346 e. The van der Waals surface area contributed by atoms with Crippen molar-refractivity contribution in [1.29, 1.82) is 0 Å². The van der Waals surface area contributed by atoms with Gasteiger partial charge in [-0.25, -0.2) is 19.3 Å². The van der Waals surface area contributed by atoms with E-state index in [4.69, 9.17) is 16.6 Å². The minimum Gasteiger partial charge on any atom is -0.346 e. The first-order valence-corrected chi connectivity index (χ1v) is 12.1. The Bertz CT molecular complexity index is 882. The lowest BCUT2D eigenvalue weighted by Gasteiger charge is -2.42. The monoisotopic (exact) mass is 503 g/mol. The average molecular weight is 505 g/mol. The number of rotatable bonds is 5. The van der Waals surface area contributed by atoms with Crippen molar-refractivity contribution in [2.45, 2.75) is 58.3 Å². The molecular weight excluding hydrogens is 477 g/mol. The minimum atomic E-state index is -0.620. The molecule has 5 nitrogen and oxygen atoms in total. The van der Waals surface area contributed by atoms with E-state index in [1.54, 1.807) is 0 Å². The van der Waals surface area contributed by atoms with Crippen molar-refractivity contribution in [2.24, 2.45) is 0 Å². The topological polar surface area (TPSA) is 53.9 Å². The van der Waals surface area contributed by atoms with Crippen molar-refractivity contribution in [2.75, 3.05) is 23.7 Å². The van der Waals surface area contributed by atoms with Gasteiger partial charge >= 0.3 is 0 Å². The molecule has 1 N–H and O–H groups in total. The Hall–Kier alpha value is -0.960. The summed E-state index contributed by atoms with van der Waals surface area (Å²) in [4.78, 5) is 15.5. The maximum atomic E-state index is 14.8. The summed E-state index contributed by atoms with van der Waals surface area (Å²) in [5.74, 6) is 0.833. The van der Waals surface area contributed by atoms with Gasteiger partial charge in [-0.05, 0) is 35.0 Å². The van der Waals surface area contributed by atoms with Gasteiger partial charge in [0.05, 0.1) is 11.4 Å². The van der Waals surface area contributed by atoms with E-state index in [9.17, 15) is 4.39 Å². The molecule has 1 saturated heterocycles. The van der Waals surface area contributed by atoms with Crippen molar-refractivity contribution in [3.63, 3.8) is 0 Å². The molecule has 2 aromatic heterocycles. The number of halogens is 3. The maximum Gasteiger partial charge on any atom is 0.190 e. The summed E-state index contributed by atoms with van der Waals surface area (Å²) in [5.41, 5.74) is 1.29. The molecular formula is C20H28BrClFN5S. The minimum absolute atomic E-state index is 0.0481. The molecule has 0 aromatic carbocycles. The highest BCUT2D eigenvalue weighted by molar-refractivity contribution is 9.10. The molecule has 3 rings (SSSR count). The number of nitrogens with zero attached hydrogens (tertiary/aromatic N) is 4. The number of fused-ring (bicyclic) bond motifs is 1. The highest BCUT2D eigenvalue weighted by Crippen LogP contribution is 2.37. The molecule has 0 amide bonds. The van der Waals surface area contributed by atoms with Crippen LogP contribution in [0.2, 0.25) is 5.15 Å². The lowest BCUT2D eigenvalue weighted by Crippen LogP contribution is -2.57. The Balaban J connectivity index is 0.00000145. The molecule has 0 radical (unpaired) electrons. The summed E-state index contributed by atoms with van der Waals surface area (Å²) in [6.45, 7) is 16.0. The first-order chi connectivity index (χ1) is 13.9. The molecule has 2 unspecified atom stereocenters. The highest BCUT2D eigenvalue weighted by Gasteiger charge is 2.33. The molecule has 160 valence electrons. The van der Waals surface area contributed by atoms with Gasteiger partial charge < -0.3 is 10.2 Å². The van der Waals surface area contributed by atoms with Crippen LogP contribution in [0, 0.1) is 5.82 Å². The summed E-state index contributed by atoms with van der Waals surface area (Å²) in [6, 6.07) is 0.245. The van der Waals surface area contributed by atoms with Crippen molar-refractivity contribution in [1.82, 2.24) is 20.3 Å². The van der Waals surface area contributed by atoms with E-state index >= 15 is 0 Å². The second-order valence-corrected chi connectivity index (χ2v) is 8.73. The number of hydrogen-bond donors (Lipinski definition) is 1. The molecule has 2 atom stereocenters. The Kier molecular flexibility index (Phi) is 9.13. The van der Waals surface area contributed by atoms with Crippen LogP contribution in [0.4, 0.5) is 10.2 Å². The van der Waals surface area contributed by atoms with Gasteiger partial charge in [0.1, 0.15) is 15.9 Å². The predicted molar refractivity (Wildman–Crippen MR) is 126 cm³/mol. The summed E-state index contributed by atoms with van der Waals surface area (Å²) < 4.78 is 15.2. The lowest BCUT2D eigenvalue weighted by molar-refractivity contribution is 0.411. The van der Waals surface area contributed by atoms with E-state index in [1.165, 1.54) is 11.8 Å². The fourth-order valence-corrected chi connectivity index (χ4v) is 4.81. The van der Waals surface area contributed by atoms with Crippen LogP contribution in [0.1, 0.15) is 41.0 Å². The zero-order chi connectivity index (χ0) is 21.7. The van der Waals surface area contributed by atoms with Gasteiger partial charge in [0, 0.05) is 19.1 Å². The normalized spacial score (nSPS) is 19.1. The molecule has 0 aliphatic carbocycles. The second-order valence-electron chi connectivity index (χ2n) is 6.39. The fraction of sp³-hybridized carbons (Fsp3) is 0.550. The zero-order valence-corrected chi connectivity index (χ0v) is 20.7. The summed E-state index contributed by atoms with van der Waals surface area (Å²) >= 11 is 10.9. The molecule has 0 spiro atoms. The van der Waals surface area contributed by atoms with Gasteiger partial charge in [0.25, 0.3) is 0 Å². The van der Waals surface area contributed by atoms with Gasteiger partial charge in [-0.2, -0.15) is 0 Å². The molecule has 3 heterocycles. The third-order valence-electron chi connectivity index (χ3n) is 4.71. The second kappa shape index (κ2) is 10.9. The summed E-state index contributed by atoms with van der Waals surface area (Å²) in [5, 5.41) is 4.37. The average Bonchev–Trinajstić information content (AvgIpc) is 2.72. The van der Waals surface area contributed by atoms with E-state index in [1.807, 2.05) is 20.8 Å². The smallest absolute Gasteiger partial charge is 0.190 e. The molecule has 1 aliphatic heterocycles. The fourth-order valence-electron chi connectivity index (χ4n) is 3.42. The Morgan fingerprint density at radius 1 is 1.34 bits per heavy atom. The molecule has 9 heteroatoms. The maximum absolute atomic E-state index is 14.8. The number of aromatic nitrogens is 3. The van der Waals surface area contributed by atoms with Crippen molar-refractivity contribution < 1.29 is 4.39 Å². The van der Waals surface area contributed by atoms with Gasteiger partial charge in [0.15, 0.2) is 16.1 Å². The van der Waals surface area contributed by atoms with E-state index in [2.05, 4.69) is 56.5 Å². The number of anilines is 1. The highest BCUT2D eigenvalue weighted by atomic mass is 79.9. The van der Waals surface area contributed by atoms with Crippen LogP contribution in [0.5, 0.6) is 0 Å². The number of piperazine rings is 1. The zero-order valence-electron chi connectivity index (χ0n) is 17.5. The van der Waals surface area contributed by atoms with Crippen LogP contribution in [0.15, 0.2) is 21.9 Å². The van der Waals surface area contributed by atoms with Crippen molar-refractivity contribution in [3.8, 4) is 0 Å². The number of hydrogen-bond acceptors (Lipinski definition) is 6. The van der Waals surface area contributed by atoms with Crippen LogP contribution in [-0.2, 0) is 0 Å². The molecule has 2 aromatic rings. The van der Waals surface area contributed by atoms with Crippen LogP contribution < -0.4 is 10.2 Å². The predicted octanol–water partition coefficient (Wildman–Crippen LogP) is 5.85. The van der Waals surface area contributed by atoms with Crippen LogP contribution in [0.25, 0.3) is 10.9 Å². The molecule has 1 aliphatic rings. The van der Waals surface area contributed by atoms with Gasteiger partial charge in [-0.15, -0.1) is 0 Å². The van der Waals surface area contributed by atoms with Crippen LogP contribution in [0.3, 0.4) is 0 Å². The molecule has 29 heavy (non-hydrogen) atoms. The lowest BCUT2D eigenvalue weighted by atomic mass is 9.95. The number of thioether (sulfide) groups is 1. The van der Waals surface area contributed by atoms with Gasteiger partial charge in [-0.3, -0.25) is 0 Å². The third-order valence-corrected chi connectivity index (χ3v) is 6.26. The van der Waals surface area contributed by atoms with Crippen molar-refractivity contribution in [3.05, 3.63) is 27.7 Å². The van der Waals surface area contributed by atoms with Crippen LogP contribution in [-0.4, -0.2) is 45.9 Å². The van der Waals surface area contributed by atoms with E-state index in [0.29, 0.717) is 21.0 Å². The van der Waals surface area contributed by atoms with E-state index in [0.717, 1.165) is 30.8 Å². The summed E-state index contributed by atoms with van der Waals surface area (Å²) in [6.07, 6.45) is 0.854. The van der Waals surface area contributed by atoms with Crippen LogP contribution >= 0.6 is 39.3 Å². The molecule has 0 bridgehead atoms. The Morgan fingerprint density at radius 3 is 2.66 bits per heavy atom. The number of nitrogens with one attached hydrogen (secondary N) is 1. The Labute approximate surface area is 190 Å². The SMILES string of the molecule is C=C(CC)C1C(C)NCCN1c1nc(SCC)nc2c(F)c(Cl)nc(Br)c12.CC. The van der Waals surface area contributed by atoms with Gasteiger partial charge in [-0.1, -0.05) is 63.2 Å². The third kappa shape index (κ3) is 5.03. The van der Waals surface area contributed by atoms with E-state index < -0.39 is 5.82 Å². The molecule has 0 saturated carbocycles. The first kappa shape index (κ1) is 24.3. The summed E-state index contributed by atoms with van der Waals surface area (Å²) in [7, 11) is 0. The standard InChI is InChI=1S/C18H22BrClFN5S.C2H6/c1-5-9(3)14-10(4)22-7-8-26(14)17-11-13(23-18(25-17)27-6-2)12(21)16(20)24-15(11)19;1-2/h10,14,22H,3,5-8H2,1-2,4H3;1-2H3. The Morgan fingerprint density at radius 2 is 2.03 bits per heavy atom. The quantitative estimate of drug-likeness (QED) is 0.238.